The molecule has 23 heavy (non-hydrogen) atoms. The maximum atomic E-state index is 14.5. The van der Waals surface area contributed by atoms with Crippen LogP contribution >= 0.6 is 0 Å². The fraction of sp³-hybridized carbons (Fsp3) is 0.812. The molecule has 0 amide bonds. The zero-order valence-corrected chi connectivity index (χ0v) is 14.7. The van der Waals surface area contributed by atoms with Crippen LogP contribution in [0.5, 0.6) is 0 Å². The fourth-order valence-electron chi connectivity index (χ4n) is 1.75. The number of cyclic esters (lactones) is 1. The van der Waals surface area contributed by atoms with E-state index in [0.717, 1.165) is 6.92 Å². The van der Waals surface area contributed by atoms with Crippen molar-refractivity contribution in [1.82, 2.24) is 0 Å². The summed E-state index contributed by atoms with van der Waals surface area (Å²) in [5.41, 5.74) is -4.10. The summed E-state index contributed by atoms with van der Waals surface area (Å²) in [5, 5.41) is 0. The van der Waals surface area contributed by atoms with Crippen LogP contribution in [0.3, 0.4) is 0 Å². The summed E-state index contributed by atoms with van der Waals surface area (Å²) in [4.78, 5) is 35.4. The highest BCUT2D eigenvalue weighted by atomic mass is 19.1. The Morgan fingerprint density at radius 2 is 1.61 bits per heavy atom. The molecule has 0 aromatic rings. The predicted octanol–water partition coefficient (Wildman–Crippen LogP) is 2.19. The van der Waals surface area contributed by atoms with E-state index in [1.54, 1.807) is 41.5 Å². The first kappa shape index (κ1) is 19.4. The van der Waals surface area contributed by atoms with Gasteiger partial charge in [-0.2, -0.15) is 0 Å². The van der Waals surface area contributed by atoms with E-state index in [0.29, 0.717) is 0 Å². The Hall–Kier alpha value is -1.66. The lowest BCUT2D eigenvalue weighted by Gasteiger charge is -2.27. The molecule has 0 aliphatic carbocycles. The predicted molar refractivity (Wildman–Crippen MR) is 79.1 cm³/mol. The van der Waals surface area contributed by atoms with Gasteiger partial charge in [-0.1, -0.05) is 0 Å². The summed E-state index contributed by atoms with van der Waals surface area (Å²) >= 11 is 0. The quantitative estimate of drug-likeness (QED) is 0.582. The summed E-state index contributed by atoms with van der Waals surface area (Å²) < 4.78 is 29.6. The smallest absolute Gasteiger partial charge is 0.348 e. The maximum Gasteiger partial charge on any atom is 0.348 e. The summed E-state index contributed by atoms with van der Waals surface area (Å²) in [5.74, 6) is -2.33. The average molecular weight is 332 g/mol. The summed E-state index contributed by atoms with van der Waals surface area (Å²) in [6.07, 6.45) is -2.63. The van der Waals surface area contributed by atoms with Crippen LogP contribution in [0, 0.1) is 10.8 Å². The van der Waals surface area contributed by atoms with Crippen LogP contribution < -0.4 is 0 Å². The highest BCUT2D eigenvalue weighted by Crippen LogP contribution is 2.34. The van der Waals surface area contributed by atoms with Crippen LogP contribution in [-0.2, 0) is 28.6 Å². The molecule has 1 aliphatic rings. The molecule has 0 aromatic heterocycles. The summed E-state index contributed by atoms with van der Waals surface area (Å²) in [7, 11) is 0. The van der Waals surface area contributed by atoms with Crippen molar-refractivity contribution in [2.45, 2.75) is 66.3 Å². The molecule has 1 aliphatic heterocycles. The van der Waals surface area contributed by atoms with Gasteiger partial charge in [-0.15, -0.1) is 0 Å². The molecule has 1 saturated heterocycles. The van der Waals surface area contributed by atoms with Gasteiger partial charge < -0.3 is 14.2 Å². The molecule has 0 saturated carbocycles. The first-order chi connectivity index (χ1) is 10.2. The lowest BCUT2D eigenvalue weighted by atomic mass is 9.95. The number of esters is 3. The van der Waals surface area contributed by atoms with Gasteiger partial charge in [-0.05, 0) is 48.5 Å². The third kappa shape index (κ3) is 4.42. The molecule has 6 nitrogen and oxygen atoms in total. The second-order valence-electron chi connectivity index (χ2n) is 7.94. The SMILES string of the molecule is CC(C)(C)C(=O)OC[C@H]1OC(=O)[C@@](C)(F)[C@@H]1OC(=O)C(C)(C)C. The first-order valence-electron chi connectivity index (χ1n) is 7.45. The Morgan fingerprint density at radius 1 is 1.13 bits per heavy atom. The number of alkyl halides is 1. The molecule has 0 spiro atoms. The van der Waals surface area contributed by atoms with E-state index in [2.05, 4.69) is 0 Å². The minimum atomic E-state index is -2.49. The number of halogens is 1. The molecule has 0 unspecified atom stereocenters. The standard InChI is InChI=1S/C16H25FO6/c1-14(2,3)11(18)21-8-9-10(16(7,17)13(20)22-9)23-12(19)15(4,5)6/h9-10H,8H2,1-7H3/t9-,10-,16+/m1/s1. The summed E-state index contributed by atoms with van der Waals surface area (Å²) in [6, 6.07) is 0. The lowest BCUT2D eigenvalue weighted by Crippen LogP contribution is -2.46. The molecule has 7 heteroatoms. The van der Waals surface area contributed by atoms with Crippen molar-refractivity contribution in [1.29, 1.82) is 0 Å². The first-order valence-corrected chi connectivity index (χ1v) is 7.45. The molecule has 1 heterocycles. The van der Waals surface area contributed by atoms with Gasteiger partial charge in [-0.3, -0.25) is 9.59 Å². The van der Waals surface area contributed by atoms with Crippen molar-refractivity contribution < 1.29 is 33.0 Å². The molecule has 0 radical (unpaired) electrons. The Labute approximate surface area is 135 Å². The van der Waals surface area contributed by atoms with Crippen LogP contribution in [-0.4, -0.2) is 42.4 Å². The van der Waals surface area contributed by atoms with Crippen molar-refractivity contribution in [3.05, 3.63) is 0 Å². The van der Waals surface area contributed by atoms with Crippen molar-refractivity contribution in [3.63, 3.8) is 0 Å². The number of hydrogen-bond acceptors (Lipinski definition) is 6. The molecule has 132 valence electrons. The molecule has 1 rings (SSSR count). The van der Waals surface area contributed by atoms with E-state index < -0.39 is 46.6 Å². The topological polar surface area (TPSA) is 78.9 Å². The van der Waals surface area contributed by atoms with Crippen LogP contribution in [0.25, 0.3) is 0 Å². The van der Waals surface area contributed by atoms with Gasteiger partial charge >= 0.3 is 17.9 Å². The van der Waals surface area contributed by atoms with Crippen molar-refractivity contribution >= 4 is 17.9 Å². The van der Waals surface area contributed by atoms with Crippen LogP contribution in [0.4, 0.5) is 4.39 Å². The van der Waals surface area contributed by atoms with Gasteiger partial charge in [0.25, 0.3) is 0 Å². The second-order valence-corrected chi connectivity index (χ2v) is 7.94. The number of hydrogen-bond donors (Lipinski definition) is 0. The van der Waals surface area contributed by atoms with Crippen LogP contribution in [0.2, 0.25) is 0 Å². The Bertz CT molecular complexity index is 498. The van der Waals surface area contributed by atoms with Crippen LogP contribution in [0.1, 0.15) is 48.5 Å². The Morgan fingerprint density at radius 3 is 2.04 bits per heavy atom. The molecular weight excluding hydrogens is 307 g/mol. The van der Waals surface area contributed by atoms with E-state index in [9.17, 15) is 18.8 Å². The minimum absolute atomic E-state index is 0.372. The highest BCUT2D eigenvalue weighted by Gasteiger charge is 2.58. The van der Waals surface area contributed by atoms with E-state index in [4.69, 9.17) is 14.2 Å². The van der Waals surface area contributed by atoms with Crippen molar-refractivity contribution in [2.75, 3.05) is 6.61 Å². The summed E-state index contributed by atoms with van der Waals surface area (Å²) in [6.45, 7) is 10.4. The van der Waals surface area contributed by atoms with E-state index in [1.165, 1.54) is 0 Å². The molecule has 0 bridgehead atoms. The van der Waals surface area contributed by atoms with Gasteiger partial charge in [-0.25, -0.2) is 9.18 Å². The van der Waals surface area contributed by atoms with Crippen molar-refractivity contribution in [3.8, 4) is 0 Å². The van der Waals surface area contributed by atoms with Gasteiger partial charge in [0.05, 0.1) is 10.8 Å². The molecular formula is C16H25FO6. The zero-order valence-electron chi connectivity index (χ0n) is 14.7. The normalized spacial score (nSPS) is 28.3. The van der Waals surface area contributed by atoms with Gasteiger partial charge in [0.15, 0.2) is 12.2 Å². The molecule has 0 N–H and O–H groups in total. The minimum Gasteiger partial charge on any atom is -0.461 e. The molecule has 0 aromatic carbocycles. The fourth-order valence-corrected chi connectivity index (χ4v) is 1.75. The number of ether oxygens (including phenoxy) is 3. The number of carbonyl (C=O) groups is 3. The number of carbonyl (C=O) groups excluding carboxylic acids is 3. The van der Waals surface area contributed by atoms with Gasteiger partial charge in [0.1, 0.15) is 6.61 Å². The third-order valence-corrected chi connectivity index (χ3v) is 3.37. The van der Waals surface area contributed by atoms with Gasteiger partial charge in [0.2, 0.25) is 5.67 Å². The second kappa shape index (κ2) is 6.09. The number of rotatable bonds is 3. The van der Waals surface area contributed by atoms with Crippen molar-refractivity contribution in [2.24, 2.45) is 10.8 Å². The monoisotopic (exact) mass is 332 g/mol. The third-order valence-electron chi connectivity index (χ3n) is 3.37. The largest absolute Gasteiger partial charge is 0.461 e. The van der Waals surface area contributed by atoms with Crippen LogP contribution in [0.15, 0.2) is 0 Å². The highest BCUT2D eigenvalue weighted by molar-refractivity contribution is 5.84. The molecule has 1 fully saturated rings. The average Bonchev–Trinajstić information content (AvgIpc) is 2.57. The lowest BCUT2D eigenvalue weighted by molar-refractivity contribution is -0.171. The Kier molecular flexibility index (Phi) is 5.13. The van der Waals surface area contributed by atoms with E-state index in [-0.39, 0.29) is 6.61 Å². The Balaban J connectivity index is 2.87. The molecule has 3 atom stereocenters. The van der Waals surface area contributed by atoms with E-state index >= 15 is 0 Å². The van der Waals surface area contributed by atoms with Gasteiger partial charge in [0, 0.05) is 0 Å². The van der Waals surface area contributed by atoms with E-state index in [1.807, 2.05) is 0 Å². The zero-order chi connectivity index (χ0) is 18.2. The maximum absolute atomic E-state index is 14.5.